The first-order valence-corrected chi connectivity index (χ1v) is 14.5. The molecule has 0 radical (unpaired) electrons. The highest BCUT2D eigenvalue weighted by atomic mass is 32.2. The summed E-state index contributed by atoms with van der Waals surface area (Å²) < 4.78 is 47.7. The quantitative estimate of drug-likeness (QED) is 0.326. The Morgan fingerprint density at radius 3 is 2.57 bits per heavy atom. The van der Waals surface area contributed by atoms with Crippen molar-refractivity contribution in [1.29, 1.82) is 0 Å². The molecule has 1 fully saturated rings. The number of halogens is 1. The maximum atomic E-state index is 14.2. The molecule has 0 bridgehead atoms. The van der Waals surface area contributed by atoms with Crippen LogP contribution in [0.1, 0.15) is 73.9 Å². The molecule has 4 rings (SSSR count). The van der Waals surface area contributed by atoms with Gasteiger partial charge in [0.1, 0.15) is 16.6 Å². The fraction of sp³-hybridized carbons (Fsp3) is 0.407. The average molecular weight is 547 g/mol. The van der Waals surface area contributed by atoms with Crippen LogP contribution < -0.4 is 9.46 Å². The molecular weight excluding hydrogens is 515 g/mol. The van der Waals surface area contributed by atoms with Crippen molar-refractivity contribution in [2.75, 3.05) is 11.8 Å². The van der Waals surface area contributed by atoms with Gasteiger partial charge in [-0.2, -0.15) is 8.42 Å². The van der Waals surface area contributed by atoms with E-state index in [1.54, 1.807) is 0 Å². The maximum Gasteiger partial charge on any atom is 0.338 e. The van der Waals surface area contributed by atoms with E-state index in [0.717, 1.165) is 42.5 Å². The van der Waals surface area contributed by atoms with E-state index in [1.807, 2.05) is 6.07 Å². The standard InChI is InChI=1S/C27H31FN2O5S2/c1-5-16-12-18(17-8-10-27(2,3)11-9-17)6-7-19(16)25-29-24(15-36-25)37(33,34)30-22-14-21(28)20(26(31)32)13-23(22)35-4/h6-7,12-15,17,30H,5,8-11H2,1-4H3,(H,31,32). The van der Waals surface area contributed by atoms with Crippen molar-refractivity contribution in [2.45, 2.75) is 63.8 Å². The normalized spacial score (nSPS) is 15.9. The minimum absolute atomic E-state index is 0.118. The molecule has 0 saturated heterocycles. The van der Waals surface area contributed by atoms with Crippen LogP contribution in [0.25, 0.3) is 10.6 Å². The lowest BCUT2D eigenvalue weighted by molar-refractivity contribution is 0.0691. The van der Waals surface area contributed by atoms with Gasteiger partial charge in [0.25, 0.3) is 10.0 Å². The molecule has 3 aromatic rings. The molecular formula is C27H31FN2O5S2. The summed E-state index contributed by atoms with van der Waals surface area (Å²) in [4.78, 5) is 15.6. The summed E-state index contributed by atoms with van der Waals surface area (Å²) in [5.41, 5.74) is 2.89. The SMILES string of the molecule is CCc1cc(C2CCC(C)(C)CC2)ccc1-c1nc(S(=O)(=O)Nc2cc(F)c(C(=O)O)cc2OC)cs1. The number of methoxy groups -OCH3 is 1. The van der Waals surface area contributed by atoms with E-state index in [9.17, 15) is 17.6 Å². The number of ether oxygens (including phenoxy) is 1. The Morgan fingerprint density at radius 1 is 1.24 bits per heavy atom. The molecule has 0 unspecified atom stereocenters. The van der Waals surface area contributed by atoms with E-state index in [4.69, 9.17) is 9.84 Å². The van der Waals surface area contributed by atoms with Crippen LogP contribution in [0.3, 0.4) is 0 Å². The van der Waals surface area contributed by atoms with Gasteiger partial charge in [0, 0.05) is 17.0 Å². The minimum atomic E-state index is -4.18. The monoisotopic (exact) mass is 546 g/mol. The van der Waals surface area contributed by atoms with Gasteiger partial charge in [-0.15, -0.1) is 11.3 Å². The summed E-state index contributed by atoms with van der Waals surface area (Å²) in [6.45, 7) is 6.72. The zero-order valence-electron chi connectivity index (χ0n) is 21.3. The number of hydrogen-bond donors (Lipinski definition) is 2. The molecule has 0 spiro atoms. The van der Waals surface area contributed by atoms with Crippen molar-refractivity contribution in [3.05, 3.63) is 58.2 Å². The second-order valence-corrected chi connectivity index (χ2v) is 12.6. The van der Waals surface area contributed by atoms with Crippen LogP contribution in [-0.4, -0.2) is 31.6 Å². The van der Waals surface area contributed by atoms with Gasteiger partial charge in [-0.3, -0.25) is 4.72 Å². The molecule has 1 heterocycles. The number of aryl methyl sites for hydroxylation is 1. The van der Waals surface area contributed by atoms with Crippen LogP contribution in [-0.2, 0) is 16.4 Å². The van der Waals surface area contributed by atoms with Gasteiger partial charge in [0.2, 0.25) is 0 Å². The Morgan fingerprint density at radius 2 is 1.95 bits per heavy atom. The first-order chi connectivity index (χ1) is 17.4. The Labute approximate surface area is 220 Å². The van der Waals surface area contributed by atoms with Crippen LogP contribution in [0, 0.1) is 11.2 Å². The number of nitrogens with one attached hydrogen (secondary N) is 1. The predicted octanol–water partition coefficient (Wildman–Crippen LogP) is 6.70. The number of benzene rings is 2. The molecule has 0 atom stereocenters. The number of hydrogen-bond acceptors (Lipinski definition) is 6. The molecule has 1 aliphatic carbocycles. The fourth-order valence-corrected chi connectivity index (χ4v) is 6.99. The van der Waals surface area contributed by atoms with Crippen molar-refractivity contribution in [2.24, 2.45) is 5.41 Å². The highest BCUT2D eigenvalue weighted by molar-refractivity contribution is 7.92. The number of aromatic carboxylic acids is 1. The van der Waals surface area contributed by atoms with E-state index in [1.165, 1.54) is 42.2 Å². The summed E-state index contributed by atoms with van der Waals surface area (Å²) >= 11 is 1.22. The van der Waals surface area contributed by atoms with Gasteiger partial charge in [-0.1, -0.05) is 39.0 Å². The molecule has 2 aromatic carbocycles. The first kappa shape index (κ1) is 27.1. The first-order valence-electron chi connectivity index (χ1n) is 12.2. The van der Waals surface area contributed by atoms with Gasteiger partial charge in [0.15, 0.2) is 5.03 Å². The largest absolute Gasteiger partial charge is 0.495 e. The van der Waals surface area contributed by atoms with Gasteiger partial charge in [-0.25, -0.2) is 14.2 Å². The number of sulfonamides is 1. The van der Waals surface area contributed by atoms with Crippen molar-refractivity contribution >= 4 is 33.0 Å². The van der Waals surface area contributed by atoms with Crippen LogP contribution in [0.4, 0.5) is 10.1 Å². The summed E-state index contributed by atoms with van der Waals surface area (Å²) in [6.07, 6.45) is 5.52. The van der Waals surface area contributed by atoms with E-state index >= 15 is 0 Å². The van der Waals surface area contributed by atoms with Gasteiger partial charge >= 0.3 is 5.97 Å². The van der Waals surface area contributed by atoms with Crippen LogP contribution >= 0.6 is 11.3 Å². The predicted molar refractivity (Wildman–Crippen MR) is 143 cm³/mol. The second kappa shape index (κ2) is 10.4. The third-order valence-electron chi connectivity index (χ3n) is 7.07. The van der Waals surface area contributed by atoms with Gasteiger partial charge in [-0.05, 0) is 60.6 Å². The third-order valence-corrected chi connectivity index (χ3v) is 9.35. The average Bonchev–Trinajstić information content (AvgIpc) is 3.34. The number of aromatic nitrogens is 1. The van der Waals surface area contributed by atoms with Crippen LogP contribution in [0.2, 0.25) is 0 Å². The van der Waals surface area contributed by atoms with Crippen LogP contribution in [0.15, 0.2) is 40.7 Å². The topological polar surface area (TPSA) is 106 Å². The zero-order valence-corrected chi connectivity index (χ0v) is 22.9. The number of nitrogens with zero attached hydrogens (tertiary/aromatic N) is 1. The molecule has 10 heteroatoms. The molecule has 1 aromatic heterocycles. The Hall–Kier alpha value is -2.98. The summed E-state index contributed by atoms with van der Waals surface area (Å²) in [5.74, 6) is -2.15. The highest BCUT2D eigenvalue weighted by Gasteiger charge is 2.28. The van der Waals surface area contributed by atoms with Crippen LogP contribution in [0.5, 0.6) is 5.75 Å². The van der Waals surface area contributed by atoms with Crippen molar-refractivity contribution in [3.8, 4) is 16.3 Å². The lowest BCUT2D eigenvalue weighted by Crippen LogP contribution is -2.20. The number of carboxylic acid groups (broad SMARTS) is 1. The lowest BCUT2D eigenvalue weighted by Gasteiger charge is -2.34. The number of rotatable bonds is 8. The molecule has 7 nitrogen and oxygen atoms in total. The fourth-order valence-electron chi connectivity index (χ4n) is 4.77. The molecule has 37 heavy (non-hydrogen) atoms. The summed E-state index contributed by atoms with van der Waals surface area (Å²) in [5, 5.41) is 10.9. The number of carbonyl (C=O) groups is 1. The smallest absolute Gasteiger partial charge is 0.338 e. The molecule has 198 valence electrons. The molecule has 2 N–H and O–H groups in total. The van der Waals surface area contributed by atoms with E-state index in [0.29, 0.717) is 16.3 Å². The third kappa shape index (κ3) is 5.80. The number of carboxylic acids is 1. The van der Waals surface area contributed by atoms with Gasteiger partial charge < -0.3 is 9.84 Å². The Bertz CT molecular complexity index is 1420. The second-order valence-electron chi connectivity index (χ2n) is 10.1. The molecule has 0 aliphatic heterocycles. The summed E-state index contributed by atoms with van der Waals surface area (Å²) in [6, 6.07) is 8.10. The highest BCUT2D eigenvalue weighted by Crippen LogP contribution is 2.43. The molecule has 1 saturated carbocycles. The zero-order chi connectivity index (χ0) is 27.0. The molecule has 1 aliphatic rings. The van der Waals surface area contributed by atoms with Crippen molar-refractivity contribution in [1.82, 2.24) is 4.98 Å². The Balaban J connectivity index is 1.59. The Kier molecular flexibility index (Phi) is 7.62. The number of anilines is 1. The van der Waals surface area contributed by atoms with E-state index < -0.39 is 27.4 Å². The van der Waals surface area contributed by atoms with E-state index in [-0.39, 0.29) is 16.5 Å². The maximum absolute atomic E-state index is 14.2. The minimum Gasteiger partial charge on any atom is -0.495 e. The number of thiazole rings is 1. The van der Waals surface area contributed by atoms with Crippen molar-refractivity contribution < 1.29 is 27.4 Å². The van der Waals surface area contributed by atoms with Gasteiger partial charge in [0.05, 0.1) is 18.4 Å². The molecule has 0 amide bonds. The summed E-state index contributed by atoms with van der Waals surface area (Å²) in [7, 11) is -2.95. The van der Waals surface area contributed by atoms with Crippen molar-refractivity contribution in [3.63, 3.8) is 0 Å². The lowest BCUT2D eigenvalue weighted by atomic mass is 9.71. The van der Waals surface area contributed by atoms with E-state index in [2.05, 4.69) is 42.6 Å².